The first-order valence-electron chi connectivity index (χ1n) is 7.75. The molecular weight excluding hydrogens is 260 g/mol. The van der Waals surface area contributed by atoms with E-state index >= 15 is 0 Å². The quantitative estimate of drug-likeness (QED) is 0.844. The van der Waals surface area contributed by atoms with Crippen molar-refractivity contribution in [2.45, 2.75) is 25.4 Å². The van der Waals surface area contributed by atoms with Gasteiger partial charge in [-0.05, 0) is 24.0 Å². The maximum absolute atomic E-state index is 12.0. The Kier molecular flexibility index (Phi) is 3.15. The van der Waals surface area contributed by atoms with Crippen LogP contribution in [0.2, 0.25) is 0 Å². The lowest BCUT2D eigenvalue weighted by Gasteiger charge is -2.42. The molecule has 2 bridgehead atoms. The summed E-state index contributed by atoms with van der Waals surface area (Å²) < 4.78 is 2.00. The second kappa shape index (κ2) is 5.15. The summed E-state index contributed by atoms with van der Waals surface area (Å²) in [6.07, 6.45) is 1.23. The molecule has 0 radical (unpaired) electrons. The molecule has 1 fully saturated rings. The van der Waals surface area contributed by atoms with E-state index in [2.05, 4.69) is 41.3 Å². The van der Waals surface area contributed by atoms with Gasteiger partial charge < -0.3 is 4.57 Å². The highest BCUT2D eigenvalue weighted by molar-refractivity contribution is 5.18. The SMILES string of the molecule is O=c1cccc2n1CC1CC2CN(Cc2ccccc2)C1. The summed E-state index contributed by atoms with van der Waals surface area (Å²) in [7, 11) is 0. The second-order valence-corrected chi connectivity index (χ2v) is 6.38. The number of pyridine rings is 1. The van der Waals surface area contributed by atoms with Gasteiger partial charge in [-0.25, -0.2) is 0 Å². The molecule has 0 spiro atoms. The molecule has 3 heterocycles. The van der Waals surface area contributed by atoms with Crippen LogP contribution in [0.25, 0.3) is 0 Å². The molecule has 108 valence electrons. The fourth-order valence-corrected chi connectivity index (χ4v) is 3.97. The fourth-order valence-electron chi connectivity index (χ4n) is 3.97. The van der Waals surface area contributed by atoms with Crippen LogP contribution in [0.5, 0.6) is 0 Å². The Morgan fingerprint density at radius 3 is 2.67 bits per heavy atom. The molecule has 1 aromatic heterocycles. The van der Waals surface area contributed by atoms with Gasteiger partial charge in [0.15, 0.2) is 0 Å². The van der Waals surface area contributed by atoms with E-state index in [0.717, 1.165) is 26.2 Å². The van der Waals surface area contributed by atoms with Crippen LogP contribution in [0, 0.1) is 5.92 Å². The number of benzene rings is 1. The van der Waals surface area contributed by atoms with Crippen molar-refractivity contribution in [1.82, 2.24) is 9.47 Å². The predicted octanol–water partition coefficient (Wildman–Crippen LogP) is 2.47. The molecule has 0 aliphatic carbocycles. The zero-order valence-electron chi connectivity index (χ0n) is 12.1. The Balaban J connectivity index is 1.58. The van der Waals surface area contributed by atoms with Gasteiger partial charge in [-0.15, -0.1) is 0 Å². The number of nitrogens with zero attached hydrogens (tertiary/aromatic N) is 2. The normalized spacial score (nSPS) is 24.6. The van der Waals surface area contributed by atoms with Crippen molar-refractivity contribution in [3.63, 3.8) is 0 Å². The number of likely N-dealkylation sites (tertiary alicyclic amines) is 1. The third kappa shape index (κ3) is 2.42. The van der Waals surface area contributed by atoms with E-state index < -0.39 is 0 Å². The highest BCUT2D eigenvalue weighted by atomic mass is 16.1. The van der Waals surface area contributed by atoms with E-state index in [1.165, 1.54) is 17.7 Å². The molecule has 21 heavy (non-hydrogen) atoms. The maximum atomic E-state index is 12.0. The summed E-state index contributed by atoms with van der Waals surface area (Å²) in [6.45, 7) is 4.07. The van der Waals surface area contributed by atoms with Crippen LogP contribution in [0.3, 0.4) is 0 Å². The van der Waals surface area contributed by atoms with Crippen LogP contribution in [0.15, 0.2) is 53.3 Å². The van der Waals surface area contributed by atoms with Crippen molar-refractivity contribution < 1.29 is 0 Å². The van der Waals surface area contributed by atoms with Gasteiger partial charge in [-0.2, -0.15) is 0 Å². The topological polar surface area (TPSA) is 25.2 Å². The van der Waals surface area contributed by atoms with E-state index in [0.29, 0.717) is 11.8 Å². The molecule has 0 amide bonds. The third-order valence-corrected chi connectivity index (χ3v) is 4.80. The van der Waals surface area contributed by atoms with Crippen LogP contribution in [-0.2, 0) is 13.1 Å². The van der Waals surface area contributed by atoms with Crippen molar-refractivity contribution in [3.8, 4) is 0 Å². The van der Waals surface area contributed by atoms with Crippen LogP contribution < -0.4 is 5.56 Å². The van der Waals surface area contributed by atoms with Crippen LogP contribution in [-0.4, -0.2) is 22.6 Å². The molecule has 2 aliphatic rings. The lowest BCUT2D eigenvalue weighted by Crippen LogP contribution is -2.46. The molecule has 2 aliphatic heterocycles. The van der Waals surface area contributed by atoms with E-state index in [4.69, 9.17) is 0 Å². The Morgan fingerprint density at radius 1 is 0.952 bits per heavy atom. The summed E-state index contributed by atoms with van der Waals surface area (Å²) >= 11 is 0. The van der Waals surface area contributed by atoms with Gasteiger partial charge in [0.05, 0.1) is 0 Å². The van der Waals surface area contributed by atoms with Gasteiger partial charge in [-0.1, -0.05) is 36.4 Å². The third-order valence-electron chi connectivity index (χ3n) is 4.80. The molecule has 3 heteroatoms. The number of rotatable bonds is 2. The van der Waals surface area contributed by atoms with Crippen molar-refractivity contribution in [1.29, 1.82) is 0 Å². The van der Waals surface area contributed by atoms with Gasteiger partial charge >= 0.3 is 0 Å². The van der Waals surface area contributed by atoms with Gasteiger partial charge in [0, 0.05) is 43.9 Å². The smallest absolute Gasteiger partial charge is 0.250 e. The van der Waals surface area contributed by atoms with E-state index in [-0.39, 0.29) is 5.56 Å². The molecule has 1 aromatic carbocycles. The number of fused-ring (bicyclic) bond motifs is 4. The predicted molar refractivity (Wildman–Crippen MR) is 83.3 cm³/mol. The number of aromatic nitrogens is 1. The van der Waals surface area contributed by atoms with Crippen LogP contribution >= 0.6 is 0 Å². The first-order valence-corrected chi connectivity index (χ1v) is 7.75. The van der Waals surface area contributed by atoms with Gasteiger partial charge in [-0.3, -0.25) is 9.69 Å². The van der Waals surface area contributed by atoms with E-state index in [1.54, 1.807) is 6.07 Å². The standard InChI is InChI=1S/C18H20N2O/c21-18-8-4-7-17-16-9-15(12-20(17)18)11-19(13-16)10-14-5-2-1-3-6-14/h1-8,15-16H,9-13H2. The average molecular weight is 280 g/mol. The Labute approximate surface area is 124 Å². The zero-order chi connectivity index (χ0) is 14.2. The lowest BCUT2D eigenvalue weighted by atomic mass is 9.83. The fraction of sp³-hybridized carbons (Fsp3) is 0.389. The summed E-state index contributed by atoms with van der Waals surface area (Å²) in [5, 5.41) is 0. The van der Waals surface area contributed by atoms with E-state index in [9.17, 15) is 4.79 Å². The first kappa shape index (κ1) is 12.8. The minimum atomic E-state index is 0.165. The van der Waals surface area contributed by atoms with Gasteiger partial charge in [0.1, 0.15) is 0 Å². The Bertz CT molecular complexity index is 692. The molecule has 1 saturated heterocycles. The van der Waals surface area contributed by atoms with Crippen molar-refractivity contribution in [2.75, 3.05) is 13.1 Å². The minimum absolute atomic E-state index is 0.165. The monoisotopic (exact) mass is 280 g/mol. The summed E-state index contributed by atoms with van der Waals surface area (Å²) in [6, 6.07) is 16.4. The van der Waals surface area contributed by atoms with E-state index in [1.807, 2.05) is 10.6 Å². The van der Waals surface area contributed by atoms with Gasteiger partial charge in [0.25, 0.3) is 5.56 Å². The zero-order valence-corrected chi connectivity index (χ0v) is 12.1. The molecule has 0 saturated carbocycles. The van der Waals surface area contributed by atoms with Crippen LogP contribution in [0.1, 0.15) is 23.6 Å². The summed E-state index contributed by atoms with van der Waals surface area (Å²) in [5.41, 5.74) is 2.78. The van der Waals surface area contributed by atoms with Crippen molar-refractivity contribution >= 4 is 0 Å². The molecule has 0 N–H and O–H groups in total. The molecule has 2 atom stereocenters. The number of hydrogen-bond donors (Lipinski definition) is 0. The second-order valence-electron chi connectivity index (χ2n) is 6.38. The summed E-state index contributed by atoms with van der Waals surface area (Å²) in [4.78, 5) is 14.6. The summed E-state index contributed by atoms with van der Waals surface area (Å²) in [5.74, 6) is 1.12. The average Bonchev–Trinajstić information content (AvgIpc) is 2.49. The largest absolute Gasteiger partial charge is 0.312 e. The molecular formula is C18H20N2O. The van der Waals surface area contributed by atoms with Gasteiger partial charge in [0.2, 0.25) is 0 Å². The molecule has 2 aromatic rings. The molecule has 2 unspecified atom stereocenters. The Morgan fingerprint density at radius 2 is 1.81 bits per heavy atom. The number of hydrogen-bond acceptors (Lipinski definition) is 2. The van der Waals surface area contributed by atoms with Crippen molar-refractivity contribution in [2.24, 2.45) is 5.92 Å². The minimum Gasteiger partial charge on any atom is -0.312 e. The maximum Gasteiger partial charge on any atom is 0.250 e. The number of piperidine rings is 1. The Hall–Kier alpha value is -1.87. The van der Waals surface area contributed by atoms with Crippen LogP contribution in [0.4, 0.5) is 0 Å². The molecule has 4 rings (SSSR count). The molecule has 3 nitrogen and oxygen atoms in total. The lowest BCUT2D eigenvalue weighted by molar-refractivity contribution is 0.114. The van der Waals surface area contributed by atoms with Crippen molar-refractivity contribution in [3.05, 3.63) is 70.1 Å². The highest BCUT2D eigenvalue weighted by Crippen LogP contribution is 2.35. The highest BCUT2D eigenvalue weighted by Gasteiger charge is 2.34. The first-order chi connectivity index (χ1) is 10.3.